The number of tetrazole rings is 1. The summed E-state index contributed by atoms with van der Waals surface area (Å²) in [6.45, 7) is 1.87. The van der Waals surface area contributed by atoms with E-state index in [1.165, 1.54) is 6.20 Å². The highest BCUT2D eigenvalue weighted by atomic mass is 16.6. The fourth-order valence-corrected chi connectivity index (χ4v) is 1.33. The lowest BCUT2D eigenvalue weighted by Gasteiger charge is -2.04. The Kier molecular flexibility index (Phi) is 2.90. The predicted molar refractivity (Wildman–Crippen MR) is 57.1 cm³/mol. The van der Waals surface area contributed by atoms with Crippen LogP contribution < -0.4 is 5.32 Å². The van der Waals surface area contributed by atoms with Crippen molar-refractivity contribution in [1.82, 2.24) is 25.6 Å². The Labute approximate surface area is 95.4 Å². The van der Waals surface area contributed by atoms with Crippen LogP contribution in [0.4, 0.5) is 11.5 Å². The third-order valence-electron chi connectivity index (χ3n) is 2.11. The quantitative estimate of drug-likeness (QED) is 0.581. The minimum atomic E-state index is -0.471. The van der Waals surface area contributed by atoms with E-state index in [2.05, 4.69) is 30.9 Å². The van der Waals surface area contributed by atoms with E-state index in [1.807, 2.05) is 0 Å². The number of anilines is 1. The van der Waals surface area contributed by atoms with Crippen LogP contribution in [-0.4, -0.2) is 30.5 Å². The van der Waals surface area contributed by atoms with Crippen LogP contribution in [0.1, 0.15) is 11.4 Å². The Hall–Kier alpha value is -2.58. The van der Waals surface area contributed by atoms with Crippen LogP contribution in [0.3, 0.4) is 0 Å². The van der Waals surface area contributed by atoms with Gasteiger partial charge in [0.05, 0.1) is 11.5 Å². The molecule has 0 atom stereocenters. The fourth-order valence-electron chi connectivity index (χ4n) is 1.33. The Morgan fingerprint density at radius 3 is 3.06 bits per heavy atom. The van der Waals surface area contributed by atoms with Gasteiger partial charge in [-0.3, -0.25) is 10.1 Å². The third-order valence-corrected chi connectivity index (χ3v) is 2.11. The molecule has 2 aromatic rings. The van der Waals surface area contributed by atoms with Gasteiger partial charge in [0.2, 0.25) is 5.82 Å². The Bertz CT molecular complexity index is 525. The van der Waals surface area contributed by atoms with Crippen LogP contribution in [0.2, 0.25) is 0 Å². The first-order valence-electron chi connectivity index (χ1n) is 4.74. The fraction of sp³-hybridized carbons (Fsp3) is 0.250. The summed E-state index contributed by atoms with van der Waals surface area (Å²) in [6, 6.07) is 1.58. The molecule has 2 rings (SSSR count). The van der Waals surface area contributed by atoms with Crippen molar-refractivity contribution in [3.63, 3.8) is 0 Å². The van der Waals surface area contributed by atoms with Crippen LogP contribution in [-0.2, 0) is 6.54 Å². The zero-order valence-electron chi connectivity index (χ0n) is 8.91. The summed E-state index contributed by atoms with van der Waals surface area (Å²) in [6.07, 6.45) is 1.50. The molecule has 9 nitrogen and oxygen atoms in total. The summed E-state index contributed by atoms with van der Waals surface area (Å²) in [5, 5.41) is 26.8. The minimum absolute atomic E-state index is 0.0454. The van der Waals surface area contributed by atoms with Crippen LogP contribution >= 0.6 is 0 Å². The standard InChI is InChI=1S/C8H9N7O2/c1-5-2-3-9-8(7(5)15(16)17)10-4-6-11-13-14-12-6/h2-3H,4H2,1H3,(H,9,10)(H,11,12,13,14). The van der Waals surface area contributed by atoms with Crippen LogP contribution in [0.5, 0.6) is 0 Å². The Morgan fingerprint density at radius 2 is 2.41 bits per heavy atom. The number of hydrogen-bond donors (Lipinski definition) is 2. The van der Waals surface area contributed by atoms with Crippen LogP contribution in [0.25, 0.3) is 0 Å². The van der Waals surface area contributed by atoms with E-state index in [1.54, 1.807) is 13.0 Å². The van der Waals surface area contributed by atoms with Crippen molar-refractivity contribution in [2.24, 2.45) is 0 Å². The molecule has 0 saturated carbocycles. The summed E-state index contributed by atoms with van der Waals surface area (Å²) in [4.78, 5) is 14.3. The molecule has 0 bridgehead atoms. The average molecular weight is 235 g/mol. The first kappa shape index (κ1) is 10.9. The third kappa shape index (κ3) is 2.33. The zero-order chi connectivity index (χ0) is 12.3. The number of nitro groups is 1. The second-order valence-electron chi connectivity index (χ2n) is 3.26. The van der Waals surface area contributed by atoms with E-state index in [-0.39, 0.29) is 18.1 Å². The van der Waals surface area contributed by atoms with Crippen molar-refractivity contribution in [2.75, 3.05) is 5.32 Å². The van der Waals surface area contributed by atoms with Gasteiger partial charge in [0.25, 0.3) is 0 Å². The summed E-state index contributed by atoms with van der Waals surface area (Å²) in [5.74, 6) is 0.599. The first-order chi connectivity index (χ1) is 8.18. The van der Waals surface area contributed by atoms with Gasteiger partial charge in [-0.05, 0) is 13.0 Å². The molecule has 0 aliphatic heterocycles. The lowest BCUT2D eigenvalue weighted by atomic mass is 10.2. The number of pyridine rings is 1. The molecule has 2 heterocycles. The molecule has 0 fully saturated rings. The molecule has 17 heavy (non-hydrogen) atoms. The largest absolute Gasteiger partial charge is 0.357 e. The van der Waals surface area contributed by atoms with Gasteiger partial charge in [-0.2, -0.15) is 5.21 Å². The number of hydrogen-bond acceptors (Lipinski definition) is 7. The number of H-pyrrole nitrogens is 1. The highest BCUT2D eigenvalue weighted by Crippen LogP contribution is 2.25. The lowest BCUT2D eigenvalue weighted by molar-refractivity contribution is -0.384. The molecule has 0 saturated heterocycles. The van der Waals surface area contributed by atoms with Gasteiger partial charge in [0.15, 0.2) is 5.82 Å². The van der Waals surface area contributed by atoms with Crippen molar-refractivity contribution in [3.05, 3.63) is 33.8 Å². The lowest BCUT2D eigenvalue weighted by Crippen LogP contribution is -2.06. The summed E-state index contributed by atoms with van der Waals surface area (Å²) < 4.78 is 0. The summed E-state index contributed by atoms with van der Waals surface area (Å²) in [7, 11) is 0. The number of nitrogens with zero attached hydrogens (tertiary/aromatic N) is 5. The molecule has 0 aliphatic rings. The van der Waals surface area contributed by atoms with Crippen LogP contribution in [0.15, 0.2) is 12.3 Å². The van der Waals surface area contributed by atoms with E-state index in [0.717, 1.165) is 0 Å². The number of aromatic nitrogens is 5. The monoisotopic (exact) mass is 235 g/mol. The maximum Gasteiger partial charge on any atom is 0.314 e. The van der Waals surface area contributed by atoms with Gasteiger partial charge < -0.3 is 5.32 Å². The van der Waals surface area contributed by atoms with Gasteiger partial charge in [0.1, 0.15) is 0 Å². The molecule has 2 aromatic heterocycles. The summed E-state index contributed by atoms with van der Waals surface area (Å²) in [5.41, 5.74) is 0.497. The van der Waals surface area contributed by atoms with E-state index >= 15 is 0 Å². The molecule has 0 spiro atoms. The van der Waals surface area contributed by atoms with Crippen molar-refractivity contribution >= 4 is 11.5 Å². The highest BCUT2D eigenvalue weighted by Gasteiger charge is 2.18. The normalized spacial score (nSPS) is 10.2. The van der Waals surface area contributed by atoms with E-state index < -0.39 is 4.92 Å². The highest BCUT2D eigenvalue weighted by molar-refractivity contribution is 5.59. The molecule has 0 aliphatic carbocycles. The van der Waals surface area contributed by atoms with Crippen molar-refractivity contribution in [1.29, 1.82) is 0 Å². The molecular formula is C8H9N7O2. The molecule has 2 N–H and O–H groups in total. The minimum Gasteiger partial charge on any atom is -0.357 e. The Morgan fingerprint density at radius 1 is 1.59 bits per heavy atom. The topological polar surface area (TPSA) is 123 Å². The van der Waals surface area contributed by atoms with Crippen molar-refractivity contribution in [3.8, 4) is 0 Å². The molecule has 88 valence electrons. The van der Waals surface area contributed by atoms with E-state index in [4.69, 9.17) is 0 Å². The average Bonchev–Trinajstić information content (AvgIpc) is 2.78. The Balaban J connectivity index is 2.21. The maximum absolute atomic E-state index is 10.9. The van der Waals surface area contributed by atoms with E-state index in [0.29, 0.717) is 11.4 Å². The molecular weight excluding hydrogens is 226 g/mol. The van der Waals surface area contributed by atoms with Gasteiger partial charge in [-0.15, -0.1) is 10.2 Å². The van der Waals surface area contributed by atoms with Crippen LogP contribution in [0, 0.1) is 17.0 Å². The van der Waals surface area contributed by atoms with Gasteiger partial charge in [-0.1, -0.05) is 5.21 Å². The maximum atomic E-state index is 10.9. The molecule has 0 aromatic carbocycles. The van der Waals surface area contributed by atoms with Crippen molar-refractivity contribution < 1.29 is 4.92 Å². The second kappa shape index (κ2) is 4.51. The first-order valence-corrected chi connectivity index (χ1v) is 4.74. The summed E-state index contributed by atoms with van der Waals surface area (Å²) >= 11 is 0. The van der Waals surface area contributed by atoms with Gasteiger partial charge in [0, 0.05) is 11.8 Å². The molecule has 0 amide bonds. The molecule has 0 radical (unpaired) electrons. The number of rotatable bonds is 4. The zero-order valence-corrected chi connectivity index (χ0v) is 8.91. The second-order valence-corrected chi connectivity index (χ2v) is 3.26. The van der Waals surface area contributed by atoms with E-state index in [9.17, 15) is 10.1 Å². The molecule has 0 unspecified atom stereocenters. The SMILES string of the molecule is Cc1ccnc(NCc2nn[nH]n2)c1[N+](=O)[O-]. The number of nitrogens with one attached hydrogen (secondary N) is 2. The number of aryl methyl sites for hydroxylation is 1. The smallest absolute Gasteiger partial charge is 0.314 e. The van der Waals surface area contributed by atoms with Crippen molar-refractivity contribution in [2.45, 2.75) is 13.5 Å². The number of aromatic amines is 1. The molecule has 9 heteroatoms. The van der Waals surface area contributed by atoms with Gasteiger partial charge >= 0.3 is 5.69 Å². The predicted octanol–water partition coefficient (Wildman–Crippen LogP) is 0.423. The van der Waals surface area contributed by atoms with Gasteiger partial charge in [-0.25, -0.2) is 4.98 Å².